The fourth-order valence-corrected chi connectivity index (χ4v) is 6.83. The van der Waals surface area contributed by atoms with E-state index in [2.05, 4.69) is 30.4 Å². The summed E-state index contributed by atoms with van der Waals surface area (Å²) in [6.45, 7) is 3.19. The first kappa shape index (κ1) is 37.7. The van der Waals surface area contributed by atoms with Crippen LogP contribution in [0.4, 0.5) is 0 Å². The van der Waals surface area contributed by atoms with Crippen molar-refractivity contribution in [2.75, 3.05) is 32.7 Å². The van der Waals surface area contributed by atoms with Crippen LogP contribution in [0.2, 0.25) is 0 Å². The van der Waals surface area contributed by atoms with Gasteiger partial charge in [-0.15, -0.1) is 0 Å². The third-order valence-corrected chi connectivity index (χ3v) is 9.56. The van der Waals surface area contributed by atoms with E-state index < -0.39 is 39.8 Å². The Hall–Kier alpha value is -5.16. The number of amides is 3. The molecule has 0 radical (unpaired) electrons. The van der Waals surface area contributed by atoms with E-state index in [4.69, 9.17) is 15.7 Å². The molecule has 3 aromatic rings. The maximum Gasteiger partial charge on any atom is 0.300 e. The van der Waals surface area contributed by atoms with Gasteiger partial charge in [-0.1, -0.05) is 30.3 Å². The summed E-state index contributed by atoms with van der Waals surface area (Å²) >= 11 is 0. The average molecular weight is 710 g/mol. The smallest absolute Gasteiger partial charge is 0.300 e. The van der Waals surface area contributed by atoms with Crippen molar-refractivity contribution in [3.63, 3.8) is 0 Å². The Labute approximate surface area is 290 Å². The van der Waals surface area contributed by atoms with Crippen molar-refractivity contribution in [2.45, 2.75) is 56.0 Å². The summed E-state index contributed by atoms with van der Waals surface area (Å²) in [5.41, 5.74) is 0.140. The van der Waals surface area contributed by atoms with Gasteiger partial charge in [0.25, 0.3) is 11.9 Å². The maximum atomic E-state index is 14.0. The molecule has 16 nitrogen and oxygen atoms in total. The number of hydrazone groups is 1. The minimum atomic E-state index is -4.19. The quantitative estimate of drug-likeness (QED) is 0.0684. The molecule has 50 heavy (non-hydrogen) atoms. The number of carboxylic acids is 1. The van der Waals surface area contributed by atoms with E-state index in [-0.39, 0.29) is 42.1 Å². The van der Waals surface area contributed by atoms with Crippen molar-refractivity contribution in [1.82, 2.24) is 35.1 Å². The number of carbonyl (C=O) groups excluding carboxylic acids is 3. The zero-order valence-corrected chi connectivity index (χ0v) is 28.6. The fourth-order valence-electron chi connectivity index (χ4n) is 5.60. The minimum absolute atomic E-state index is 0.0116. The number of hydrogen-bond donors (Lipinski definition) is 5. The van der Waals surface area contributed by atoms with Crippen LogP contribution in [0, 0.1) is 5.92 Å². The molecule has 2 fully saturated rings. The molecule has 5 rings (SSSR count). The van der Waals surface area contributed by atoms with Gasteiger partial charge < -0.3 is 31.4 Å². The van der Waals surface area contributed by atoms with Crippen molar-refractivity contribution in [2.24, 2.45) is 16.9 Å². The summed E-state index contributed by atoms with van der Waals surface area (Å²) in [6.07, 6.45) is 8.70. The van der Waals surface area contributed by atoms with Crippen molar-refractivity contribution in [3.8, 4) is 0 Å². The van der Waals surface area contributed by atoms with E-state index in [1.165, 1.54) is 24.7 Å². The number of benzene rings is 2. The monoisotopic (exact) mass is 709 g/mol. The minimum Gasteiger partial charge on any atom is -0.481 e. The van der Waals surface area contributed by atoms with Gasteiger partial charge in [0.15, 0.2) is 0 Å². The van der Waals surface area contributed by atoms with Crippen molar-refractivity contribution < 1.29 is 32.7 Å². The second kappa shape index (κ2) is 18.0. The number of likely N-dealkylation sites (tertiary alicyclic amines) is 1. The van der Waals surface area contributed by atoms with Crippen molar-refractivity contribution in [1.29, 1.82) is 0 Å². The highest BCUT2D eigenvalue weighted by Gasteiger charge is 2.38. The number of sulfonamides is 1. The number of carbonyl (C=O) groups is 4. The zero-order valence-electron chi connectivity index (χ0n) is 27.8. The molecule has 2 aromatic carbocycles. The molecule has 6 N–H and O–H groups in total. The standard InChI is InChI=1S/C31H39N9O5S.C2H4O2/c32-37-21-39-14-3-4-22(20-39)18-36-29(41)17-27(38-46(44,45)26-10-7-23-5-1-2-6-24(23)16-26)31(43)40(25-8-9-25)15-13-35-30(42)28-19-33-11-12-34-28;1-2(3)4/h1-2,5-7,10-12,16,19,21-22,25,27,38H,3-4,8-9,13-15,17-18,20,32H2,(H,35,42)(H,36,41);1H3,(H,3,4)/t22-,27-;/m0./s1. The lowest BCUT2D eigenvalue weighted by Gasteiger charge is -2.31. The third kappa shape index (κ3) is 11.5. The molecular formula is C33H43N9O7S. The predicted molar refractivity (Wildman–Crippen MR) is 185 cm³/mol. The number of fused-ring (bicyclic) bond motifs is 1. The number of nitrogens with one attached hydrogen (secondary N) is 3. The largest absolute Gasteiger partial charge is 0.481 e. The van der Waals surface area contributed by atoms with Gasteiger partial charge in [0.05, 0.1) is 17.5 Å². The average Bonchev–Trinajstić information content (AvgIpc) is 3.94. The molecule has 1 saturated carbocycles. The van der Waals surface area contributed by atoms with Crippen LogP contribution < -0.4 is 21.2 Å². The molecule has 1 saturated heterocycles. The van der Waals surface area contributed by atoms with Gasteiger partial charge in [0.1, 0.15) is 18.1 Å². The second-order valence-corrected chi connectivity index (χ2v) is 13.8. The first-order chi connectivity index (χ1) is 24.0. The number of piperidine rings is 1. The number of nitrogens with zero attached hydrogens (tertiary/aromatic N) is 5. The van der Waals surface area contributed by atoms with Gasteiger partial charge >= 0.3 is 0 Å². The number of nitrogens with two attached hydrogens (primary N) is 1. The number of carboxylic acid groups (broad SMARTS) is 1. The first-order valence-corrected chi connectivity index (χ1v) is 17.7. The Morgan fingerprint density at radius 2 is 1.84 bits per heavy atom. The number of rotatable bonds is 14. The van der Waals surface area contributed by atoms with Crippen LogP contribution in [0.15, 0.2) is 71.1 Å². The molecule has 2 aliphatic rings. The molecule has 2 heterocycles. The Morgan fingerprint density at radius 1 is 1.10 bits per heavy atom. The zero-order chi connectivity index (χ0) is 36.1. The van der Waals surface area contributed by atoms with E-state index >= 15 is 0 Å². The Bertz CT molecular complexity index is 1770. The van der Waals surface area contributed by atoms with Crippen molar-refractivity contribution >= 4 is 50.8 Å². The Morgan fingerprint density at radius 3 is 2.52 bits per heavy atom. The fraction of sp³-hybridized carbons (Fsp3) is 0.424. The van der Waals surface area contributed by atoms with E-state index in [0.29, 0.717) is 13.1 Å². The molecule has 1 aromatic heterocycles. The lowest BCUT2D eigenvalue weighted by atomic mass is 9.98. The molecule has 3 amide bonds. The number of hydrogen-bond acceptors (Lipinski definition) is 10. The van der Waals surface area contributed by atoms with Gasteiger partial charge in [-0.2, -0.15) is 9.82 Å². The van der Waals surface area contributed by atoms with Gasteiger partial charge in [-0.3, -0.25) is 24.2 Å². The van der Waals surface area contributed by atoms with Gasteiger partial charge in [0.2, 0.25) is 21.8 Å². The van der Waals surface area contributed by atoms with Gasteiger partial charge in [-0.25, -0.2) is 13.4 Å². The van der Waals surface area contributed by atoms with E-state index in [9.17, 15) is 22.8 Å². The van der Waals surface area contributed by atoms with Gasteiger partial charge in [-0.05, 0) is 54.5 Å². The summed E-state index contributed by atoms with van der Waals surface area (Å²) in [4.78, 5) is 60.1. The SMILES string of the molecule is CC(=O)O.NN=CN1CCC[C@@H](CNC(=O)C[C@H](NS(=O)(=O)c2ccc3ccccc3c2)C(=O)N(CCNC(=O)c2cnccn2)C2CC2)C1. The lowest BCUT2D eigenvalue weighted by molar-refractivity contribution is -0.136. The molecule has 268 valence electrons. The van der Waals surface area contributed by atoms with Crippen LogP contribution in [0.1, 0.15) is 49.5 Å². The van der Waals surface area contributed by atoms with Crippen LogP contribution in [0.5, 0.6) is 0 Å². The topological polar surface area (TPSA) is 229 Å². The highest BCUT2D eigenvalue weighted by molar-refractivity contribution is 7.89. The molecule has 17 heteroatoms. The molecule has 0 spiro atoms. The number of aliphatic carboxylic acids is 1. The highest BCUT2D eigenvalue weighted by Crippen LogP contribution is 2.28. The van der Waals surface area contributed by atoms with Crippen molar-refractivity contribution in [3.05, 3.63) is 66.7 Å². The van der Waals surface area contributed by atoms with Crippen LogP contribution in [-0.2, 0) is 24.4 Å². The van der Waals surface area contributed by atoms with E-state index in [1.807, 2.05) is 23.1 Å². The molecule has 1 aliphatic carbocycles. The van der Waals surface area contributed by atoms with E-state index in [1.54, 1.807) is 29.4 Å². The summed E-state index contributed by atoms with van der Waals surface area (Å²) in [5, 5.41) is 18.2. The lowest BCUT2D eigenvalue weighted by Crippen LogP contribution is -2.52. The Kier molecular flexibility index (Phi) is 13.6. The second-order valence-electron chi connectivity index (χ2n) is 12.1. The summed E-state index contributed by atoms with van der Waals surface area (Å²) in [5.74, 6) is 3.19. The molecule has 2 atom stereocenters. The summed E-state index contributed by atoms with van der Waals surface area (Å²) < 4.78 is 29.8. The Balaban J connectivity index is 0.00000133. The highest BCUT2D eigenvalue weighted by atomic mass is 32.2. The van der Waals surface area contributed by atoms with Crippen LogP contribution >= 0.6 is 0 Å². The maximum absolute atomic E-state index is 14.0. The van der Waals surface area contributed by atoms with Gasteiger partial charge in [0, 0.05) is 58.1 Å². The molecular weight excluding hydrogens is 666 g/mol. The normalized spacial score (nSPS) is 16.6. The molecule has 1 aliphatic heterocycles. The first-order valence-electron chi connectivity index (χ1n) is 16.3. The van der Waals surface area contributed by atoms with E-state index in [0.717, 1.165) is 49.9 Å². The molecule has 0 unspecified atom stereocenters. The van der Waals surface area contributed by atoms with Crippen LogP contribution in [-0.4, -0.2) is 108 Å². The van der Waals surface area contributed by atoms with Crippen LogP contribution in [0.25, 0.3) is 10.8 Å². The molecule has 0 bridgehead atoms. The predicted octanol–water partition coefficient (Wildman–Crippen LogP) is 0.909. The number of aromatic nitrogens is 2. The van der Waals surface area contributed by atoms with Crippen LogP contribution in [0.3, 0.4) is 0 Å². The third-order valence-electron chi connectivity index (χ3n) is 8.09. The summed E-state index contributed by atoms with van der Waals surface area (Å²) in [6, 6.07) is 10.6. The summed E-state index contributed by atoms with van der Waals surface area (Å²) in [7, 11) is -4.19.